The summed E-state index contributed by atoms with van der Waals surface area (Å²) in [7, 11) is -3.59. The molecule has 0 spiro atoms. The maximum atomic E-state index is 12.8. The highest BCUT2D eigenvalue weighted by Gasteiger charge is 2.33. The van der Waals surface area contributed by atoms with E-state index in [1.807, 2.05) is 11.8 Å². The van der Waals surface area contributed by atoms with Crippen molar-refractivity contribution in [1.82, 2.24) is 9.62 Å². The van der Waals surface area contributed by atoms with Crippen LogP contribution in [0.15, 0.2) is 29.2 Å². The van der Waals surface area contributed by atoms with Crippen LogP contribution in [0, 0.1) is 5.92 Å². The number of benzene rings is 1. The van der Waals surface area contributed by atoms with Crippen LogP contribution in [0.2, 0.25) is 5.02 Å². The minimum Gasteiger partial charge on any atom is -0.355 e. The lowest BCUT2D eigenvalue weighted by atomic mass is 9.99. The molecule has 150 valence electrons. The zero-order valence-electron chi connectivity index (χ0n) is 15.4. The fourth-order valence-corrected chi connectivity index (χ4v) is 6.60. The molecule has 1 heterocycles. The van der Waals surface area contributed by atoms with Crippen molar-refractivity contribution in [2.24, 2.45) is 5.92 Å². The molecule has 8 heteroatoms. The molecule has 3 rings (SSSR count). The van der Waals surface area contributed by atoms with Gasteiger partial charge in [0.1, 0.15) is 0 Å². The van der Waals surface area contributed by atoms with Gasteiger partial charge in [-0.15, -0.1) is 0 Å². The molecule has 1 aliphatic carbocycles. The number of amides is 1. The lowest BCUT2D eigenvalue weighted by Gasteiger charge is -2.31. The van der Waals surface area contributed by atoms with E-state index in [0.29, 0.717) is 24.5 Å². The van der Waals surface area contributed by atoms with Crippen LogP contribution in [0.25, 0.3) is 0 Å². The number of nitrogens with zero attached hydrogens (tertiary/aromatic N) is 1. The lowest BCUT2D eigenvalue weighted by Crippen LogP contribution is -2.45. The summed E-state index contributed by atoms with van der Waals surface area (Å²) in [5, 5.41) is 4.24. The van der Waals surface area contributed by atoms with E-state index in [0.717, 1.165) is 17.4 Å². The molecule has 1 amide bonds. The van der Waals surface area contributed by atoms with Gasteiger partial charge in [-0.25, -0.2) is 8.42 Å². The number of hydrogen-bond donors (Lipinski definition) is 1. The third-order valence-electron chi connectivity index (χ3n) is 5.26. The molecule has 1 saturated carbocycles. The highest BCUT2D eigenvalue weighted by atomic mass is 35.5. The van der Waals surface area contributed by atoms with E-state index >= 15 is 0 Å². The second kappa shape index (κ2) is 9.63. The van der Waals surface area contributed by atoms with Crippen molar-refractivity contribution < 1.29 is 13.2 Å². The van der Waals surface area contributed by atoms with Crippen molar-refractivity contribution >= 4 is 39.3 Å². The van der Waals surface area contributed by atoms with Crippen LogP contribution in [0.4, 0.5) is 0 Å². The van der Waals surface area contributed by atoms with Gasteiger partial charge in [0.2, 0.25) is 15.9 Å². The normalized spacial score (nSPS) is 22.0. The number of sulfonamides is 1. The van der Waals surface area contributed by atoms with E-state index < -0.39 is 10.0 Å². The van der Waals surface area contributed by atoms with Gasteiger partial charge < -0.3 is 5.32 Å². The van der Waals surface area contributed by atoms with Gasteiger partial charge in [0.05, 0.1) is 10.8 Å². The van der Waals surface area contributed by atoms with Crippen LogP contribution in [-0.4, -0.2) is 49.3 Å². The van der Waals surface area contributed by atoms with Crippen LogP contribution >= 0.6 is 23.4 Å². The number of hydrogen-bond acceptors (Lipinski definition) is 4. The van der Waals surface area contributed by atoms with Crippen LogP contribution in [0.3, 0.4) is 0 Å². The standard InChI is InChI=1S/C19H27ClN2O3S2/c20-16-7-9-18(10-8-16)27(24,25)22-12-3-4-15(14-22)19(23)21-11-13-26-17-5-1-2-6-17/h7-10,15,17H,1-6,11-14H2,(H,21,23)/t15-/m0/s1. The van der Waals surface area contributed by atoms with Crippen molar-refractivity contribution in [1.29, 1.82) is 0 Å². The minimum absolute atomic E-state index is 0.0296. The summed E-state index contributed by atoms with van der Waals surface area (Å²) >= 11 is 7.80. The van der Waals surface area contributed by atoms with Gasteiger partial charge in [0.25, 0.3) is 0 Å². The first-order chi connectivity index (χ1) is 13.0. The third-order valence-corrected chi connectivity index (χ3v) is 8.78. The van der Waals surface area contributed by atoms with Crippen molar-refractivity contribution in [3.8, 4) is 0 Å². The van der Waals surface area contributed by atoms with Crippen LogP contribution < -0.4 is 5.32 Å². The molecule has 1 saturated heterocycles. The predicted octanol–water partition coefficient (Wildman–Crippen LogP) is 3.53. The van der Waals surface area contributed by atoms with E-state index in [1.54, 1.807) is 12.1 Å². The number of piperidine rings is 1. The highest BCUT2D eigenvalue weighted by molar-refractivity contribution is 7.99. The summed E-state index contributed by atoms with van der Waals surface area (Å²) in [5.74, 6) is 0.617. The van der Waals surface area contributed by atoms with Gasteiger partial charge in [-0.2, -0.15) is 16.1 Å². The molecule has 1 aromatic rings. The maximum Gasteiger partial charge on any atom is 0.243 e. The number of carbonyl (C=O) groups excluding carboxylic acids is 1. The smallest absolute Gasteiger partial charge is 0.243 e. The van der Waals surface area contributed by atoms with Crippen molar-refractivity contribution in [2.75, 3.05) is 25.4 Å². The first kappa shape index (κ1) is 21.0. The van der Waals surface area contributed by atoms with E-state index in [9.17, 15) is 13.2 Å². The van der Waals surface area contributed by atoms with Gasteiger partial charge in [0, 0.05) is 35.7 Å². The monoisotopic (exact) mass is 430 g/mol. The van der Waals surface area contributed by atoms with E-state index in [2.05, 4.69) is 5.32 Å². The molecule has 1 aliphatic heterocycles. The SMILES string of the molecule is O=C(NCCSC1CCCC1)[C@H]1CCCN(S(=O)(=O)c2ccc(Cl)cc2)C1. The zero-order valence-corrected chi connectivity index (χ0v) is 17.8. The Morgan fingerprint density at radius 2 is 1.85 bits per heavy atom. The molecule has 0 radical (unpaired) electrons. The Kier molecular flexibility index (Phi) is 7.48. The Hall–Kier alpha value is -0.760. The molecular formula is C19H27ClN2O3S2. The number of halogens is 1. The Balaban J connectivity index is 1.50. The van der Waals surface area contributed by atoms with Gasteiger partial charge in [0.15, 0.2) is 0 Å². The van der Waals surface area contributed by atoms with Gasteiger partial charge in [-0.05, 0) is 49.9 Å². The fraction of sp³-hybridized carbons (Fsp3) is 0.632. The summed E-state index contributed by atoms with van der Waals surface area (Å²) in [4.78, 5) is 12.7. The quantitative estimate of drug-likeness (QED) is 0.672. The van der Waals surface area contributed by atoms with Gasteiger partial charge in [-0.1, -0.05) is 24.4 Å². The summed E-state index contributed by atoms with van der Waals surface area (Å²) in [6.07, 6.45) is 6.65. The molecule has 1 N–H and O–H groups in total. The number of nitrogens with one attached hydrogen (secondary N) is 1. The largest absolute Gasteiger partial charge is 0.355 e. The van der Waals surface area contributed by atoms with Crippen molar-refractivity contribution in [2.45, 2.75) is 48.7 Å². The van der Waals surface area contributed by atoms with Crippen LogP contribution in [-0.2, 0) is 14.8 Å². The molecule has 0 bridgehead atoms. The Morgan fingerprint density at radius 1 is 1.15 bits per heavy atom. The predicted molar refractivity (Wildman–Crippen MR) is 111 cm³/mol. The van der Waals surface area contributed by atoms with Gasteiger partial charge in [-0.3, -0.25) is 4.79 Å². The van der Waals surface area contributed by atoms with E-state index in [-0.39, 0.29) is 23.3 Å². The topological polar surface area (TPSA) is 66.5 Å². The second-order valence-corrected chi connectivity index (χ2v) is 11.0. The zero-order chi connectivity index (χ0) is 19.3. The molecular weight excluding hydrogens is 404 g/mol. The Morgan fingerprint density at radius 3 is 2.56 bits per heavy atom. The average Bonchev–Trinajstić information content (AvgIpc) is 3.19. The third kappa shape index (κ3) is 5.62. The molecule has 2 fully saturated rings. The molecule has 1 atom stereocenters. The summed E-state index contributed by atoms with van der Waals surface area (Å²) in [6.45, 7) is 1.35. The van der Waals surface area contributed by atoms with Crippen molar-refractivity contribution in [3.05, 3.63) is 29.3 Å². The highest BCUT2D eigenvalue weighted by Crippen LogP contribution is 2.29. The molecule has 1 aromatic carbocycles. The molecule has 0 aromatic heterocycles. The first-order valence-electron chi connectivity index (χ1n) is 9.62. The minimum atomic E-state index is -3.59. The molecule has 0 unspecified atom stereocenters. The van der Waals surface area contributed by atoms with Crippen molar-refractivity contribution in [3.63, 3.8) is 0 Å². The lowest BCUT2D eigenvalue weighted by molar-refractivity contribution is -0.125. The summed E-state index contributed by atoms with van der Waals surface area (Å²) in [6, 6.07) is 6.18. The number of rotatable bonds is 7. The Bertz CT molecular complexity index is 734. The Labute approximate surface area is 171 Å². The first-order valence-corrected chi connectivity index (χ1v) is 12.5. The molecule has 5 nitrogen and oxygen atoms in total. The maximum absolute atomic E-state index is 12.8. The second-order valence-electron chi connectivity index (χ2n) is 7.22. The summed E-state index contributed by atoms with van der Waals surface area (Å²) < 4.78 is 27.1. The molecule has 27 heavy (non-hydrogen) atoms. The number of carbonyl (C=O) groups is 1. The fourth-order valence-electron chi connectivity index (χ4n) is 3.73. The average molecular weight is 431 g/mol. The van der Waals surface area contributed by atoms with Gasteiger partial charge >= 0.3 is 0 Å². The molecule has 2 aliphatic rings. The summed E-state index contributed by atoms with van der Waals surface area (Å²) in [5.41, 5.74) is 0. The van der Waals surface area contributed by atoms with E-state index in [1.165, 1.54) is 42.1 Å². The van der Waals surface area contributed by atoms with Crippen LogP contribution in [0.1, 0.15) is 38.5 Å². The van der Waals surface area contributed by atoms with E-state index in [4.69, 9.17) is 11.6 Å². The van der Waals surface area contributed by atoms with Crippen LogP contribution in [0.5, 0.6) is 0 Å². The number of thioether (sulfide) groups is 1.